The standard InChI is InChI=1S/C22H19FN2OS/c1-16-6-5-13-25(15-16)20(21(26)18-9-11-19(23)12-10-18)22(27)24-14-17-7-3-2-4-8-17/h2-13,15H,14H2,1H3,(H-,24,26,27)/p+1. The molecule has 0 bridgehead atoms. The third-order valence-electron chi connectivity index (χ3n) is 4.06. The summed E-state index contributed by atoms with van der Waals surface area (Å²) in [6.45, 7) is 2.50. The first kappa shape index (κ1) is 18.7. The zero-order valence-electron chi connectivity index (χ0n) is 14.9. The fourth-order valence-corrected chi connectivity index (χ4v) is 2.96. The number of aromatic nitrogens is 1. The molecule has 3 rings (SSSR count). The minimum atomic E-state index is -0.360. The van der Waals surface area contributed by atoms with Gasteiger partial charge < -0.3 is 10.4 Å². The molecule has 5 heteroatoms. The van der Waals surface area contributed by atoms with Crippen LogP contribution in [-0.4, -0.2) is 10.1 Å². The molecule has 3 aromatic rings. The van der Waals surface area contributed by atoms with Crippen molar-refractivity contribution in [2.45, 2.75) is 13.5 Å². The Hall–Kier alpha value is -3.05. The van der Waals surface area contributed by atoms with Gasteiger partial charge in [0, 0.05) is 23.7 Å². The summed E-state index contributed by atoms with van der Waals surface area (Å²) in [5.41, 5.74) is 3.03. The molecule has 0 aliphatic rings. The van der Waals surface area contributed by atoms with E-state index in [9.17, 15) is 9.50 Å². The Morgan fingerprint density at radius 2 is 1.74 bits per heavy atom. The predicted molar refractivity (Wildman–Crippen MR) is 109 cm³/mol. The van der Waals surface area contributed by atoms with Crippen molar-refractivity contribution in [3.63, 3.8) is 0 Å². The third kappa shape index (κ3) is 4.77. The second-order valence-corrected chi connectivity index (χ2v) is 6.57. The Kier molecular flexibility index (Phi) is 5.94. The summed E-state index contributed by atoms with van der Waals surface area (Å²) in [5, 5.41) is 14.1. The average molecular weight is 379 g/mol. The van der Waals surface area contributed by atoms with E-state index in [2.05, 4.69) is 5.32 Å². The van der Waals surface area contributed by atoms with Crippen LogP contribution >= 0.6 is 12.2 Å². The van der Waals surface area contributed by atoms with E-state index >= 15 is 0 Å². The number of rotatable bonds is 5. The number of aliphatic hydroxyl groups is 1. The molecule has 0 saturated carbocycles. The molecule has 3 nitrogen and oxygen atoms in total. The topological polar surface area (TPSA) is 36.1 Å². The van der Waals surface area contributed by atoms with Gasteiger partial charge in [-0.15, -0.1) is 0 Å². The molecule has 27 heavy (non-hydrogen) atoms. The lowest BCUT2D eigenvalue weighted by atomic mass is 10.1. The van der Waals surface area contributed by atoms with Gasteiger partial charge in [-0.2, -0.15) is 4.57 Å². The minimum absolute atomic E-state index is 0.0174. The van der Waals surface area contributed by atoms with Crippen molar-refractivity contribution in [3.8, 4) is 0 Å². The maximum absolute atomic E-state index is 13.3. The van der Waals surface area contributed by atoms with Gasteiger partial charge in [-0.05, 0) is 42.8 Å². The molecule has 0 atom stereocenters. The lowest BCUT2D eigenvalue weighted by Crippen LogP contribution is -2.41. The first-order chi connectivity index (χ1) is 13.0. The Balaban J connectivity index is 1.98. The van der Waals surface area contributed by atoms with Gasteiger partial charge in [-0.25, -0.2) is 4.39 Å². The summed E-state index contributed by atoms with van der Waals surface area (Å²) in [6, 6.07) is 19.4. The number of hydrogen-bond acceptors (Lipinski definition) is 2. The molecule has 0 aliphatic carbocycles. The van der Waals surface area contributed by atoms with Crippen LogP contribution < -0.4 is 9.88 Å². The van der Waals surface area contributed by atoms with Crippen LogP contribution in [0.4, 0.5) is 4.39 Å². The summed E-state index contributed by atoms with van der Waals surface area (Å²) in [5.74, 6) is -0.378. The molecular formula is C22H20FN2OS+. The van der Waals surface area contributed by atoms with Crippen LogP contribution in [0.15, 0.2) is 79.1 Å². The van der Waals surface area contributed by atoms with E-state index in [1.165, 1.54) is 24.3 Å². The largest absolute Gasteiger partial charge is 0.502 e. The Morgan fingerprint density at radius 1 is 1.04 bits per heavy atom. The SMILES string of the molecule is Cc1ccc[n+](/C(C(=S)NCc2ccccc2)=C(\O)c2ccc(F)cc2)c1. The van der Waals surface area contributed by atoms with Crippen molar-refractivity contribution in [1.29, 1.82) is 0 Å². The van der Waals surface area contributed by atoms with Crippen LogP contribution in [0.5, 0.6) is 0 Å². The Labute approximate surface area is 163 Å². The lowest BCUT2D eigenvalue weighted by molar-refractivity contribution is -0.576. The molecule has 0 saturated heterocycles. The molecule has 0 amide bonds. The number of hydrogen-bond donors (Lipinski definition) is 2. The number of aliphatic hydroxyl groups excluding tert-OH is 1. The van der Waals surface area contributed by atoms with Gasteiger partial charge >= 0.3 is 0 Å². The van der Waals surface area contributed by atoms with Crippen molar-refractivity contribution < 1.29 is 14.1 Å². The van der Waals surface area contributed by atoms with Gasteiger partial charge in [0.2, 0.25) is 0 Å². The number of pyridine rings is 1. The highest BCUT2D eigenvalue weighted by Gasteiger charge is 2.23. The molecule has 1 aromatic heterocycles. The van der Waals surface area contributed by atoms with Crippen LogP contribution in [0.2, 0.25) is 0 Å². The number of thiocarbonyl (C=S) groups is 1. The smallest absolute Gasteiger partial charge is 0.288 e. The van der Waals surface area contributed by atoms with E-state index in [4.69, 9.17) is 12.2 Å². The van der Waals surface area contributed by atoms with Crippen molar-refractivity contribution >= 4 is 28.7 Å². The maximum Gasteiger partial charge on any atom is 0.288 e. The van der Waals surface area contributed by atoms with E-state index in [0.717, 1.165) is 11.1 Å². The van der Waals surface area contributed by atoms with Gasteiger partial charge in [0.25, 0.3) is 5.70 Å². The molecule has 0 radical (unpaired) electrons. The Bertz CT molecular complexity index is 969. The van der Waals surface area contributed by atoms with Gasteiger partial charge in [-0.1, -0.05) is 42.5 Å². The quantitative estimate of drug-likeness (QED) is 0.298. The van der Waals surface area contributed by atoms with Crippen LogP contribution in [0, 0.1) is 12.7 Å². The second kappa shape index (κ2) is 8.56. The van der Waals surface area contributed by atoms with Crippen LogP contribution in [0.3, 0.4) is 0 Å². The van der Waals surface area contributed by atoms with E-state index in [-0.39, 0.29) is 11.6 Å². The van der Waals surface area contributed by atoms with E-state index in [0.29, 0.717) is 22.8 Å². The zero-order chi connectivity index (χ0) is 19.2. The molecule has 136 valence electrons. The summed E-state index contributed by atoms with van der Waals surface area (Å²) in [6.07, 6.45) is 3.70. The van der Waals surface area contributed by atoms with Crippen LogP contribution in [0.25, 0.3) is 11.5 Å². The van der Waals surface area contributed by atoms with Gasteiger partial charge in [0.05, 0.1) is 0 Å². The number of nitrogens with one attached hydrogen (secondary N) is 1. The van der Waals surface area contributed by atoms with Gasteiger partial charge in [0.1, 0.15) is 5.82 Å². The van der Waals surface area contributed by atoms with Crippen molar-refractivity contribution in [1.82, 2.24) is 5.32 Å². The molecule has 1 heterocycles. The second-order valence-electron chi connectivity index (χ2n) is 6.16. The van der Waals surface area contributed by atoms with Crippen LogP contribution in [0.1, 0.15) is 16.7 Å². The first-order valence-corrected chi connectivity index (χ1v) is 8.95. The molecule has 0 unspecified atom stereocenters. The maximum atomic E-state index is 13.3. The monoisotopic (exact) mass is 379 g/mol. The molecule has 0 spiro atoms. The van der Waals surface area contributed by atoms with E-state index < -0.39 is 0 Å². The molecule has 2 N–H and O–H groups in total. The number of nitrogens with zero attached hydrogens (tertiary/aromatic N) is 1. The number of halogens is 1. The highest BCUT2D eigenvalue weighted by atomic mass is 32.1. The molecule has 2 aromatic carbocycles. The minimum Gasteiger partial charge on any atom is -0.502 e. The molecule has 0 fully saturated rings. The summed E-state index contributed by atoms with van der Waals surface area (Å²) >= 11 is 5.58. The highest BCUT2D eigenvalue weighted by molar-refractivity contribution is 7.81. The van der Waals surface area contributed by atoms with Crippen molar-refractivity contribution in [2.75, 3.05) is 0 Å². The highest BCUT2D eigenvalue weighted by Crippen LogP contribution is 2.18. The fourth-order valence-electron chi connectivity index (χ4n) is 2.69. The van der Waals surface area contributed by atoms with Gasteiger partial charge in [-0.3, -0.25) is 0 Å². The summed E-state index contributed by atoms with van der Waals surface area (Å²) in [4.78, 5) is 0.399. The van der Waals surface area contributed by atoms with Crippen molar-refractivity contribution in [3.05, 3.63) is 102 Å². The number of benzene rings is 2. The molecule has 0 aliphatic heterocycles. The normalized spacial score (nSPS) is 11.6. The summed E-state index contributed by atoms with van der Waals surface area (Å²) < 4.78 is 15.0. The third-order valence-corrected chi connectivity index (χ3v) is 4.40. The number of aryl methyl sites for hydroxylation is 1. The Morgan fingerprint density at radius 3 is 2.41 bits per heavy atom. The zero-order valence-corrected chi connectivity index (χ0v) is 15.7. The lowest BCUT2D eigenvalue weighted by Gasteiger charge is -2.10. The van der Waals surface area contributed by atoms with Gasteiger partial charge in [0.15, 0.2) is 23.1 Å². The first-order valence-electron chi connectivity index (χ1n) is 8.54. The van der Waals surface area contributed by atoms with E-state index in [1.54, 1.807) is 4.57 Å². The fraction of sp³-hybridized carbons (Fsp3) is 0.0909. The van der Waals surface area contributed by atoms with Crippen molar-refractivity contribution in [2.24, 2.45) is 0 Å². The average Bonchev–Trinajstić information content (AvgIpc) is 2.68. The van der Waals surface area contributed by atoms with E-state index in [1.807, 2.05) is 61.8 Å². The molecular weight excluding hydrogens is 359 g/mol. The predicted octanol–water partition coefficient (Wildman–Crippen LogP) is 4.42. The summed E-state index contributed by atoms with van der Waals surface area (Å²) in [7, 11) is 0. The van der Waals surface area contributed by atoms with Crippen LogP contribution in [-0.2, 0) is 6.54 Å².